The van der Waals surface area contributed by atoms with E-state index in [-0.39, 0.29) is 23.5 Å². The average Bonchev–Trinajstić information content (AvgIpc) is 3.03. The van der Waals surface area contributed by atoms with Gasteiger partial charge < -0.3 is 10.1 Å². The van der Waals surface area contributed by atoms with Gasteiger partial charge in [0.1, 0.15) is 5.75 Å². The summed E-state index contributed by atoms with van der Waals surface area (Å²) in [5.74, 6) is 1.03. The van der Waals surface area contributed by atoms with Crippen LogP contribution < -0.4 is 15.0 Å². The summed E-state index contributed by atoms with van der Waals surface area (Å²) in [4.78, 5) is 29.8. The van der Waals surface area contributed by atoms with Gasteiger partial charge in [-0.25, -0.2) is 0 Å². The molecule has 0 spiro atoms. The van der Waals surface area contributed by atoms with Gasteiger partial charge in [0.05, 0.1) is 24.5 Å². The second kappa shape index (κ2) is 10.3. The van der Waals surface area contributed by atoms with E-state index in [1.54, 1.807) is 7.11 Å². The quantitative estimate of drug-likeness (QED) is 0.417. The standard InChI is InChI=1S/C32H34N2O3/c1-20(2)16-30(36)34-28-11-6-5-10-26(28)33-27-18-24(22-14-12-21(3)13-15-22)19-29(35)31(27)32(34)23-8-7-9-25(17-23)37-4/h5-15,17,20,24,32-33H,16,18-19H2,1-4H3. The number of amides is 1. The van der Waals surface area contributed by atoms with E-state index in [1.165, 1.54) is 5.56 Å². The predicted octanol–water partition coefficient (Wildman–Crippen LogP) is 6.95. The Morgan fingerprint density at radius 2 is 1.76 bits per heavy atom. The molecule has 0 aromatic heterocycles. The number of Topliss-reactive ketones (excluding diaryl/α,β-unsaturated/α-hetero) is 1. The summed E-state index contributed by atoms with van der Waals surface area (Å²) >= 11 is 0. The van der Waals surface area contributed by atoms with Crippen LogP contribution >= 0.6 is 0 Å². The van der Waals surface area contributed by atoms with Crippen molar-refractivity contribution in [3.8, 4) is 5.75 Å². The molecule has 1 N–H and O–H groups in total. The Morgan fingerprint density at radius 3 is 2.49 bits per heavy atom. The lowest BCUT2D eigenvalue weighted by atomic mass is 9.78. The summed E-state index contributed by atoms with van der Waals surface area (Å²) in [5, 5.41) is 3.60. The molecule has 0 radical (unpaired) electrons. The van der Waals surface area contributed by atoms with E-state index >= 15 is 0 Å². The Kier molecular flexibility index (Phi) is 6.88. The Morgan fingerprint density at radius 1 is 1.00 bits per heavy atom. The van der Waals surface area contributed by atoms with Gasteiger partial charge in [-0.15, -0.1) is 0 Å². The highest BCUT2D eigenvalue weighted by Gasteiger charge is 2.41. The molecule has 1 aliphatic carbocycles. The van der Waals surface area contributed by atoms with Crippen LogP contribution in [0.5, 0.6) is 5.75 Å². The van der Waals surface area contributed by atoms with Crippen LogP contribution in [-0.2, 0) is 9.59 Å². The molecule has 0 saturated heterocycles. The van der Waals surface area contributed by atoms with Gasteiger partial charge in [0.15, 0.2) is 5.78 Å². The molecule has 0 bridgehead atoms. The smallest absolute Gasteiger partial charge is 0.228 e. The van der Waals surface area contributed by atoms with Crippen molar-refractivity contribution in [3.05, 3.63) is 101 Å². The summed E-state index contributed by atoms with van der Waals surface area (Å²) in [6.07, 6.45) is 1.50. The van der Waals surface area contributed by atoms with E-state index in [1.807, 2.05) is 67.3 Å². The summed E-state index contributed by atoms with van der Waals surface area (Å²) in [6, 6.07) is 23.5. The van der Waals surface area contributed by atoms with Crippen molar-refractivity contribution in [2.45, 2.75) is 52.0 Å². The van der Waals surface area contributed by atoms with Crippen molar-refractivity contribution >= 4 is 23.1 Å². The molecule has 190 valence electrons. The highest BCUT2D eigenvalue weighted by atomic mass is 16.5. The molecule has 37 heavy (non-hydrogen) atoms. The second-order valence-corrected chi connectivity index (χ2v) is 10.5. The number of ketones is 1. The van der Waals surface area contributed by atoms with Crippen LogP contribution in [0.1, 0.15) is 61.8 Å². The lowest BCUT2D eigenvalue weighted by Crippen LogP contribution is -2.39. The first-order valence-electron chi connectivity index (χ1n) is 13.0. The molecule has 5 rings (SSSR count). The van der Waals surface area contributed by atoms with Crippen molar-refractivity contribution in [3.63, 3.8) is 0 Å². The van der Waals surface area contributed by atoms with Crippen LogP contribution in [0.4, 0.5) is 11.4 Å². The van der Waals surface area contributed by atoms with Gasteiger partial charge in [-0.3, -0.25) is 14.5 Å². The topological polar surface area (TPSA) is 58.6 Å². The maximum atomic E-state index is 14.0. The number of fused-ring (bicyclic) bond motifs is 1. The largest absolute Gasteiger partial charge is 0.497 e. The lowest BCUT2D eigenvalue weighted by Gasteiger charge is -2.35. The molecule has 5 nitrogen and oxygen atoms in total. The monoisotopic (exact) mass is 494 g/mol. The highest BCUT2D eigenvalue weighted by molar-refractivity contribution is 6.06. The van der Waals surface area contributed by atoms with Gasteiger partial charge >= 0.3 is 0 Å². The van der Waals surface area contributed by atoms with Crippen molar-refractivity contribution < 1.29 is 14.3 Å². The Bertz CT molecular complexity index is 1360. The molecular formula is C32H34N2O3. The zero-order valence-electron chi connectivity index (χ0n) is 22.0. The molecule has 5 heteroatoms. The third-order valence-corrected chi connectivity index (χ3v) is 7.30. The van der Waals surface area contributed by atoms with E-state index < -0.39 is 6.04 Å². The van der Waals surface area contributed by atoms with Crippen LogP contribution in [0.2, 0.25) is 0 Å². The highest BCUT2D eigenvalue weighted by Crippen LogP contribution is 2.48. The first-order valence-corrected chi connectivity index (χ1v) is 13.0. The molecule has 1 aliphatic heterocycles. The SMILES string of the molecule is COc1cccc(C2C3=C(CC(c4ccc(C)cc4)CC3=O)Nc3ccccc3N2C(=O)CC(C)C)c1. The summed E-state index contributed by atoms with van der Waals surface area (Å²) < 4.78 is 5.53. The number of anilines is 2. The number of allylic oxidation sites excluding steroid dienone is 1. The Balaban J connectivity index is 1.70. The first-order chi connectivity index (χ1) is 17.9. The summed E-state index contributed by atoms with van der Waals surface area (Å²) in [7, 11) is 1.63. The molecule has 0 saturated carbocycles. The van der Waals surface area contributed by atoms with Crippen molar-refractivity contribution in [2.75, 3.05) is 17.3 Å². The van der Waals surface area contributed by atoms with Crippen molar-refractivity contribution in [1.29, 1.82) is 0 Å². The van der Waals surface area contributed by atoms with Crippen LogP contribution in [0.3, 0.4) is 0 Å². The number of nitrogens with zero attached hydrogens (tertiary/aromatic N) is 1. The maximum Gasteiger partial charge on any atom is 0.228 e. The van der Waals surface area contributed by atoms with Gasteiger partial charge in [-0.2, -0.15) is 0 Å². The molecular weight excluding hydrogens is 460 g/mol. The van der Waals surface area contributed by atoms with Gasteiger partial charge in [-0.05, 0) is 60.6 Å². The molecule has 2 unspecified atom stereocenters. The molecule has 2 atom stereocenters. The fraction of sp³-hybridized carbons (Fsp3) is 0.312. The zero-order chi connectivity index (χ0) is 26.1. The number of methoxy groups -OCH3 is 1. The molecule has 3 aromatic carbocycles. The van der Waals surface area contributed by atoms with E-state index in [9.17, 15) is 9.59 Å². The minimum absolute atomic E-state index is 0.000669. The number of para-hydroxylation sites is 2. The maximum absolute atomic E-state index is 14.0. The molecule has 1 heterocycles. The Labute approximate surface area is 219 Å². The van der Waals surface area contributed by atoms with Crippen LogP contribution in [0.25, 0.3) is 0 Å². The number of benzene rings is 3. The number of hydrogen-bond acceptors (Lipinski definition) is 4. The van der Waals surface area contributed by atoms with E-state index in [0.29, 0.717) is 30.6 Å². The Hall–Kier alpha value is -3.86. The molecule has 0 fully saturated rings. The third kappa shape index (κ3) is 4.91. The normalized spacial score (nSPS) is 19.2. The van der Waals surface area contributed by atoms with Crippen LogP contribution in [0, 0.1) is 12.8 Å². The number of rotatable bonds is 5. The van der Waals surface area contributed by atoms with Crippen molar-refractivity contribution in [2.24, 2.45) is 5.92 Å². The minimum atomic E-state index is -0.543. The number of carbonyl (C=O) groups excluding carboxylic acids is 2. The van der Waals surface area contributed by atoms with Crippen molar-refractivity contribution in [1.82, 2.24) is 0 Å². The van der Waals surface area contributed by atoms with Crippen LogP contribution in [-0.4, -0.2) is 18.8 Å². The molecule has 1 amide bonds. The lowest BCUT2D eigenvalue weighted by molar-refractivity contribution is -0.119. The van der Waals surface area contributed by atoms with Gasteiger partial charge in [0, 0.05) is 24.1 Å². The average molecular weight is 495 g/mol. The molecule has 3 aromatic rings. The zero-order valence-corrected chi connectivity index (χ0v) is 22.0. The predicted molar refractivity (Wildman–Crippen MR) is 148 cm³/mol. The van der Waals surface area contributed by atoms with E-state index in [2.05, 4.69) is 36.5 Å². The number of hydrogen-bond donors (Lipinski definition) is 1. The van der Waals surface area contributed by atoms with E-state index in [4.69, 9.17) is 4.74 Å². The number of ether oxygens (including phenoxy) is 1. The third-order valence-electron chi connectivity index (χ3n) is 7.30. The second-order valence-electron chi connectivity index (χ2n) is 10.5. The fourth-order valence-electron chi connectivity index (χ4n) is 5.51. The number of nitrogens with one attached hydrogen (secondary N) is 1. The molecule has 2 aliphatic rings. The van der Waals surface area contributed by atoms with Crippen LogP contribution in [0.15, 0.2) is 84.1 Å². The van der Waals surface area contributed by atoms with E-state index in [0.717, 1.165) is 28.2 Å². The summed E-state index contributed by atoms with van der Waals surface area (Å²) in [5.41, 5.74) is 6.42. The first kappa shape index (κ1) is 24.8. The minimum Gasteiger partial charge on any atom is -0.497 e. The van der Waals surface area contributed by atoms with Gasteiger partial charge in [0.2, 0.25) is 5.91 Å². The number of carbonyl (C=O) groups is 2. The number of aryl methyl sites for hydroxylation is 1. The summed E-state index contributed by atoms with van der Waals surface area (Å²) in [6.45, 7) is 6.16. The van der Waals surface area contributed by atoms with Gasteiger partial charge in [-0.1, -0.05) is 67.9 Å². The van der Waals surface area contributed by atoms with Gasteiger partial charge in [0.25, 0.3) is 0 Å². The fourth-order valence-corrected chi connectivity index (χ4v) is 5.51.